The molecule has 1 amide bonds. The van der Waals surface area contributed by atoms with Crippen LogP contribution in [0.4, 0.5) is 5.69 Å². The zero-order chi connectivity index (χ0) is 17.1. The summed E-state index contributed by atoms with van der Waals surface area (Å²) in [5.41, 5.74) is 0.252. The second-order valence-electron chi connectivity index (χ2n) is 4.21. The molecule has 0 fully saturated rings. The van der Waals surface area contributed by atoms with Crippen molar-refractivity contribution >= 4 is 58.0 Å². The van der Waals surface area contributed by atoms with Crippen molar-refractivity contribution in [2.45, 2.75) is 0 Å². The topological polar surface area (TPSA) is 60.5 Å². The van der Waals surface area contributed by atoms with Crippen LogP contribution in [0, 0.1) is 0 Å². The molecule has 0 saturated heterocycles. The molecule has 1 N–H and O–H groups in total. The smallest absolute Gasteiger partial charge is 0.276 e. The number of rotatable bonds is 4. The van der Waals surface area contributed by atoms with Crippen molar-refractivity contribution in [3.63, 3.8) is 0 Å². The van der Waals surface area contributed by atoms with Crippen molar-refractivity contribution in [1.82, 2.24) is 4.98 Å². The third-order valence-electron chi connectivity index (χ3n) is 2.86. The Morgan fingerprint density at radius 3 is 2.35 bits per heavy atom. The maximum atomic E-state index is 12.4. The van der Waals surface area contributed by atoms with Gasteiger partial charge in [0.2, 0.25) is 0 Å². The van der Waals surface area contributed by atoms with Gasteiger partial charge in [0.25, 0.3) is 5.91 Å². The molecule has 1 aromatic carbocycles. The third-order valence-corrected chi connectivity index (χ3v) is 4.53. The molecule has 0 saturated carbocycles. The van der Waals surface area contributed by atoms with E-state index in [1.54, 1.807) is 18.2 Å². The Balaban J connectivity index is 2.37. The quantitative estimate of drug-likeness (QED) is 0.742. The van der Waals surface area contributed by atoms with Crippen LogP contribution in [0.25, 0.3) is 0 Å². The molecule has 122 valence electrons. The highest BCUT2D eigenvalue weighted by molar-refractivity contribution is 6.52. The lowest BCUT2D eigenvalue weighted by Crippen LogP contribution is -2.15. The van der Waals surface area contributed by atoms with Gasteiger partial charge in [-0.2, -0.15) is 0 Å². The van der Waals surface area contributed by atoms with E-state index in [9.17, 15) is 4.79 Å². The van der Waals surface area contributed by atoms with Crippen molar-refractivity contribution in [1.29, 1.82) is 0 Å². The Morgan fingerprint density at radius 1 is 1.04 bits per heavy atom. The van der Waals surface area contributed by atoms with Gasteiger partial charge in [-0.15, -0.1) is 0 Å². The van der Waals surface area contributed by atoms with Gasteiger partial charge in [0.15, 0.2) is 0 Å². The first kappa shape index (κ1) is 17.9. The Morgan fingerprint density at radius 2 is 1.74 bits per heavy atom. The predicted molar refractivity (Wildman–Crippen MR) is 91.8 cm³/mol. The summed E-state index contributed by atoms with van der Waals surface area (Å²) >= 11 is 23.6. The second-order valence-corrected chi connectivity index (χ2v) is 5.71. The predicted octanol–water partition coefficient (Wildman–Crippen LogP) is 4.96. The lowest BCUT2D eigenvalue weighted by molar-refractivity contribution is 0.102. The molecule has 0 unspecified atom stereocenters. The number of pyridine rings is 1. The lowest BCUT2D eigenvalue weighted by atomic mass is 10.2. The fourth-order valence-corrected chi connectivity index (χ4v) is 2.53. The van der Waals surface area contributed by atoms with Crippen LogP contribution >= 0.6 is 46.4 Å². The monoisotopic (exact) mass is 394 g/mol. The number of hydrogen-bond donors (Lipinski definition) is 1. The van der Waals surface area contributed by atoms with Crippen LogP contribution < -0.4 is 14.8 Å². The van der Waals surface area contributed by atoms with Crippen molar-refractivity contribution in [2.24, 2.45) is 0 Å². The summed E-state index contributed by atoms with van der Waals surface area (Å²) < 4.78 is 10.3. The molecule has 23 heavy (non-hydrogen) atoms. The minimum absolute atomic E-state index is 0.0167. The summed E-state index contributed by atoms with van der Waals surface area (Å²) in [7, 11) is 2.99. The van der Waals surface area contributed by atoms with E-state index in [-0.39, 0.29) is 25.9 Å². The van der Waals surface area contributed by atoms with Crippen LogP contribution in [-0.4, -0.2) is 25.1 Å². The van der Waals surface area contributed by atoms with Crippen LogP contribution in [0.2, 0.25) is 20.2 Å². The first-order valence-electron chi connectivity index (χ1n) is 6.12. The van der Waals surface area contributed by atoms with Crippen molar-refractivity contribution in [2.75, 3.05) is 19.5 Å². The fourth-order valence-electron chi connectivity index (χ4n) is 1.72. The van der Waals surface area contributed by atoms with Crippen LogP contribution in [0.5, 0.6) is 11.5 Å². The van der Waals surface area contributed by atoms with Gasteiger partial charge in [0.1, 0.15) is 22.3 Å². The number of halogens is 4. The Labute approximate surface area is 152 Å². The van der Waals surface area contributed by atoms with Gasteiger partial charge in [-0.1, -0.05) is 46.4 Å². The van der Waals surface area contributed by atoms with E-state index in [2.05, 4.69) is 10.3 Å². The highest BCUT2D eigenvalue weighted by atomic mass is 35.5. The number of nitrogens with zero attached hydrogens (tertiary/aromatic N) is 1. The van der Waals surface area contributed by atoms with E-state index < -0.39 is 5.91 Å². The molecule has 2 rings (SSSR count). The molecular weight excluding hydrogens is 386 g/mol. The van der Waals surface area contributed by atoms with Crippen molar-refractivity contribution in [3.8, 4) is 11.5 Å². The van der Waals surface area contributed by atoms with Gasteiger partial charge in [-0.05, 0) is 12.1 Å². The number of ether oxygens (including phenoxy) is 2. The molecule has 0 spiro atoms. The number of amides is 1. The van der Waals surface area contributed by atoms with Gasteiger partial charge in [-0.3, -0.25) is 4.79 Å². The van der Waals surface area contributed by atoms with Gasteiger partial charge in [0.05, 0.1) is 35.0 Å². The Hall–Kier alpha value is -1.40. The van der Waals surface area contributed by atoms with Crippen LogP contribution in [0.1, 0.15) is 10.5 Å². The maximum absolute atomic E-state index is 12.4. The number of methoxy groups -OCH3 is 2. The fraction of sp³-hybridized carbons (Fsp3) is 0.143. The largest absolute Gasteiger partial charge is 0.497 e. The van der Waals surface area contributed by atoms with Gasteiger partial charge < -0.3 is 14.8 Å². The zero-order valence-electron chi connectivity index (χ0n) is 11.9. The molecule has 9 heteroatoms. The number of anilines is 1. The van der Waals surface area contributed by atoms with E-state index in [0.29, 0.717) is 17.2 Å². The average molecular weight is 396 g/mol. The molecule has 2 aromatic rings. The van der Waals surface area contributed by atoms with Crippen molar-refractivity contribution in [3.05, 3.63) is 44.1 Å². The SMILES string of the molecule is COc1ccc(NC(=O)c2nc(Cl)c(Cl)c(Cl)c2Cl)c(OC)c1. The molecule has 0 atom stereocenters. The summed E-state index contributed by atoms with van der Waals surface area (Å²) in [5, 5.41) is 2.35. The third kappa shape index (κ3) is 3.75. The van der Waals surface area contributed by atoms with E-state index in [1.165, 1.54) is 14.2 Å². The normalized spacial score (nSPS) is 10.3. The summed E-state index contributed by atoms with van der Waals surface area (Å²) in [4.78, 5) is 16.2. The van der Waals surface area contributed by atoms with Gasteiger partial charge in [-0.25, -0.2) is 4.98 Å². The molecular formula is C14H10Cl4N2O3. The van der Waals surface area contributed by atoms with Gasteiger partial charge in [0, 0.05) is 6.07 Å². The van der Waals surface area contributed by atoms with Crippen LogP contribution in [0.3, 0.4) is 0 Å². The number of aromatic nitrogens is 1. The van der Waals surface area contributed by atoms with E-state index in [0.717, 1.165) is 0 Å². The van der Waals surface area contributed by atoms with Crippen LogP contribution in [-0.2, 0) is 0 Å². The summed E-state index contributed by atoms with van der Waals surface area (Å²) in [6, 6.07) is 4.89. The lowest BCUT2D eigenvalue weighted by Gasteiger charge is -2.12. The molecule has 0 bridgehead atoms. The van der Waals surface area contributed by atoms with Gasteiger partial charge >= 0.3 is 0 Å². The molecule has 0 radical (unpaired) electrons. The highest BCUT2D eigenvalue weighted by Crippen LogP contribution is 2.37. The maximum Gasteiger partial charge on any atom is 0.276 e. The molecule has 0 aliphatic heterocycles. The molecule has 1 aromatic heterocycles. The average Bonchev–Trinajstić information content (AvgIpc) is 2.56. The first-order valence-corrected chi connectivity index (χ1v) is 7.63. The number of nitrogens with one attached hydrogen (secondary N) is 1. The zero-order valence-corrected chi connectivity index (χ0v) is 14.9. The molecule has 0 aliphatic carbocycles. The summed E-state index contributed by atoms with van der Waals surface area (Å²) in [5.74, 6) is 0.368. The number of hydrogen-bond acceptors (Lipinski definition) is 4. The number of carbonyl (C=O) groups is 1. The molecule has 0 aliphatic rings. The molecule has 1 heterocycles. The Bertz CT molecular complexity index is 768. The molecule has 5 nitrogen and oxygen atoms in total. The first-order chi connectivity index (χ1) is 10.9. The van der Waals surface area contributed by atoms with Crippen molar-refractivity contribution < 1.29 is 14.3 Å². The minimum Gasteiger partial charge on any atom is -0.497 e. The van der Waals surface area contributed by atoms with Crippen LogP contribution in [0.15, 0.2) is 18.2 Å². The number of carbonyl (C=O) groups excluding carboxylic acids is 1. The summed E-state index contributed by atoms with van der Waals surface area (Å²) in [6.07, 6.45) is 0. The highest BCUT2D eigenvalue weighted by Gasteiger charge is 2.21. The minimum atomic E-state index is -0.612. The standard InChI is InChI=1S/C14H10Cl4N2O3/c1-22-6-3-4-7(8(5-6)23-2)19-14(21)12-10(16)9(15)11(17)13(18)20-12/h3-5H,1-2H3,(H,19,21). The Kier molecular flexibility index (Phi) is 5.81. The number of benzene rings is 1. The van der Waals surface area contributed by atoms with E-state index >= 15 is 0 Å². The summed E-state index contributed by atoms with van der Waals surface area (Å²) in [6.45, 7) is 0. The second kappa shape index (κ2) is 7.45. The van der Waals surface area contributed by atoms with E-state index in [1.807, 2.05) is 0 Å². The van der Waals surface area contributed by atoms with E-state index in [4.69, 9.17) is 55.9 Å².